The molecule has 2 heterocycles. The van der Waals surface area contributed by atoms with Crippen LogP contribution >= 0.6 is 22.7 Å². The molecule has 220 valence electrons. The first-order chi connectivity index (χ1) is 20.8. The average molecular weight is 597 g/mol. The van der Waals surface area contributed by atoms with Crippen LogP contribution in [0.3, 0.4) is 0 Å². The summed E-state index contributed by atoms with van der Waals surface area (Å²) in [5.74, 6) is 0. The monoisotopic (exact) mass is 596 g/mol. The van der Waals surface area contributed by atoms with Gasteiger partial charge in [-0.25, -0.2) is 0 Å². The number of unbranched alkanes of at least 4 members (excludes halogenated alkanes) is 10. The SMILES string of the molecule is CCCCCCCCOc1cc2ccc3c4ccc5c(ccc6cc(OCCCCCCCC)sc65)c4ccc3c2s1. The van der Waals surface area contributed by atoms with Gasteiger partial charge in [-0.1, -0.05) is 149 Å². The van der Waals surface area contributed by atoms with Crippen molar-refractivity contribution in [1.29, 1.82) is 0 Å². The summed E-state index contributed by atoms with van der Waals surface area (Å²) in [6, 6.07) is 22.9. The van der Waals surface area contributed by atoms with Crippen LogP contribution in [0.4, 0.5) is 0 Å². The normalized spacial score (nSPS) is 12.0. The van der Waals surface area contributed by atoms with Crippen LogP contribution in [0.5, 0.6) is 10.1 Å². The van der Waals surface area contributed by atoms with Crippen molar-refractivity contribution < 1.29 is 9.47 Å². The molecule has 0 aliphatic carbocycles. The van der Waals surface area contributed by atoms with E-state index in [-0.39, 0.29) is 0 Å². The van der Waals surface area contributed by atoms with Crippen molar-refractivity contribution >= 4 is 75.2 Å². The van der Waals surface area contributed by atoms with Gasteiger partial charge >= 0.3 is 0 Å². The molecule has 0 N–H and O–H groups in total. The van der Waals surface area contributed by atoms with Gasteiger partial charge in [0.2, 0.25) is 0 Å². The van der Waals surface area contributed by atoms with Crippen LogP contribution in [0.1, 0.15) is 90.9 Å². The van der Waals surface area contributed by atoms with Crippen molar-refractivity contribution in [1.82, 2.24) is 0 Å². The van der Waals surface area contributed by atoms with E-state index in [4.69, 9.17) is 9.47 Å². The number of hydrogen-bond acceptors (Lipinski definition) is 4. The Balaban J connectivity index is 1.21. The molecular formula is C38H44O2S2. The quantitative estimate of drug-likeness (QED) is 0.0817. The molecule has 0 atom stereocenters. The molecule has 0 bridgehead atoms. The zero-order chi connectivity index (χ0) is 28.7. The van der Waals surface area contributed by atoms with Crippen molar-refractivity contribution in [2.24, 2.45) is 0 Å². The first-order valence-electron chi connectivity index (χ1n) is 16.3. The van der Waals surface area contributed by atoms with Gasteiger partial charge in [-0.05, 0) is 57.3 Å². The van der Waals surface area contributed by atoms with Crippen LogP contribution in [-0.4, -0.2) is 13.2 Å². The van der Waals surface area contributed by atoms with Gasteiger partial charge in [-0.2, -0.15) is 0 Å². The van der Waals surface area contributed by atoms with Gasteiger partial charge in [0, 0.05) is 20.2 Å². The predicted molar refractivity (Wildman–Crippen MR) is 187 cm³/mol. The van der Waals surface area contributed by atoms with Crippen LogP contribution in [0.15, 0.2) is 60.7 Å². The second-order valence-corrected chi connectivity index (χ2v) is 13.8. The van der Waals surface area contributed by atoms with Crippen LogP contribution in [-0.2, 0) is 0 Å². The van der Waals surface area contributed by atoms with Crippen LogP contribution in [0.2, 0.25) is 0 Å². The Kier molecular flexibility index (Phi) is 9.82. The molecule has 2 nitrogen and oxygen atoms in total. The lowest BCUT2D eigenvalue weighted by atomic mass is 9.96. The highest BCUT2D eigenvalue weighted by Crippen LogP contribution is 2.43. The summed E-state index contributed by atoms with van der Waals surface area (Å²) in [6.07, 6.45) is 15.4. The third-order valence-corrected chi connectivity index (χ3v) is 10.8. The number of ether oxygens (including phenoxy) is 2. The van der Waals surface area contributed by atoms with Gasteiger partial charge in [-0.15, -0.1) is 0 Å². The lowest BCUT2D eigenvalue weighted by Crippen LogP contribution is -1.95. The summed E-state index contributed by atoms with van der Waals surface area (Å²) in [5.41, 5.74) is 0. The Morgan fingerprint density at radius 1 is 0.429 bits per heavy atom. The van der Waals surface area contributed by atoms with E-state index in [0.29, 0.717) is 0 Å². The first-order valence-corrected chi connectivity index (χ1v) is 17.9. The highest BCUT2D eigenvalue weighted by Gasteiger charge is 2.13. The van der Waals surface area contributed by atoms with E-state index in [9.17, 15) is 0 Å². The minimum Gasteiger partial charge on any atom is -0.484 e. The molecular weight excluding hydrogens is 553 g/mol. The van der Waals surface area contributed by atoms with Gasteiger partial charge < -0.3 is 9.47 Å². The summed E-state index contributed by atoms with van der Waals surface area (Å²) >= 11 is 3.59. The Hall–Kier alpha value is -2.82. The number of fused-ring (bicyclic) bond motifs is 9. The predicted octanol–water partition coefficient (Wildman–Crippen LogP) is 13.1. The van der Waals surface area contributed by atoms with Crippen molar-refractivity contribution in [3.63, 3.8) is 0 Å². The number of benzene rings is 4. The van der Waals surface area contributed by atoms with Crippen LogP contribution < -0.4 is 9.47 Å². The molecule has 0 aliphatic rings. The summed E-state index contributed by atoms with van der Waals surface area (Å²) in [5, 5.41) is 12.6. The fourth-order valence-electron chi connectivity index (χ4n) is 6.24. The van der Waals surface area contributed by atoms with Gasteiger partial charge in [-0.3, -0.25) is 0 Å². The van der Waals surface area contributed by atoms with Gasteiger partial charge in [0.05, 0.1) is 13.2 Å². The van der Waals surface area contributed by atoms with Crippen molar-refractivity contribution in [3.05, 3.63) is 60.7 Å². The molecule has 4 heteroatoms. The molecule has 6 rings (SSSR count). The number of rotatable bonds is 16. The van der Waals surface area contributed by atoms with Gasteiger partial charge in [0.25, 0.3) is 0 Å². The summed E-state index contributed by atoms with van der Waals surface area (Å²) in [6.45, 7) is 6.17. The van der Waals surface area contributed by atoms with Gasteiger partial charge in [0.15, 0.2) is 10.1 Å². The Bertz CT molecular complexity index is 1650. The molecule has 0 unspecified atom stereocenters. The topological polar surface area (TPSA) is 18.5 Å². The zero-order valence-electron chi connectivity index (χ0n) is 25.3. The fourth-order valence-corrected chi connectivity index (χ4v) is 8.36. The highest BCUT2D eigenvalue weighted by atomic mass is 32.1. The fraction of sp³-hybridized carbons (Fsp3) is 0.421. The van der Waals surface area contributed by atoms with E-state index in [1.54, 1.807) is 22.7 Å². The standard InChI is InChI=1S/C38H44O2S2/c1-3-5-7-9-11-13-23-39-35-25-27-15-17-31-29-20-22-34-32(30(29)19-21-33(31)37(27)41-35)18-16-28-26-36(42-38(28)34)40-24-14-12-10-8-6-4-2/h15-22,25-26H,3-14,23-24H2,1-2H3. The molecule has 0 saturated heterocycles. The third-order valence-electron chi connectivity index (χ3n) is 8.59. The van der Waals surface area contributed by atoms with E-state index in [2.05, 4.69) is 74.5 Å². The number of hydrogen-bond donors (Lipinski definition) is 0. The van der Waals surface area contributed by atoms with E-state index < -0.39 is 0 Å². The molecule has 2 aromatic heterocycles. The number of thiophene rings is 2. The lowest BCUT2D eigenvalue weighted by molar-refractivity contribution is 0.313. The Morgan fingerprint density at radius 2 is 0.786 bits per heavy atom. The van der Waals surface area contributed by atoms with Gasteiger partial charge in [0.1, 0.15) is 0 Å². The van der Waals surface area contributed by atoms with Crippen molar-refractivity contribution in [2.75, 3.05) is 13.2 Å². The molecule has 0 saturated carbocycles. The molecule has 4 aromatic carbocycles. The molecule has 0 fully saturated rings. The second kappa shape index (κ2) is 14.1. The van der Waals surface area contributed by atoms with Crippen LogP contribution in [0, 0.1) is 0 Å². The minimum absolute atomic E-state index is 0.814. The van der Waals surface area contributed by atoms with Crippen LogP contribution in [0.25, 0.3) is 52.5 Å². The van der Waals surface area contributed by atoms with E-state index >= 15 is 0 Å². The first kappa shape index (κ1) is 29.3. The average Bonchev–Trinajstić information content (AvgIpc) is 3.63. The highest BCUT2D eigenvalue weighted by molar-refractivity contribution is 7.22. The molecule has 6 aromatic rings. The largest absolute Gasteiger partial charge is 0.484 e. The third kappa shape index (κ3) is 6.40. The maximum atomic E-state index is 6.19. The Morgan fingerprint density at radius 3 is 1.24 bits per heavy atom. The second-order valence-electron chi connectivity index (χ2n) is 11.7. The maximum Gasteiger partial charge on any atom is 0.174 e. The summed E-state index contributed by atoms with van der Waals surface area (Å²) in [4.78, 5) is 0. The molecule has 42 heavy (non-hydrogen) atoms. The van der Waals surface area contributed by atoms with E-state index in [1.807, 2.05) is 0 Å². The van der Waals surface area contributed by atoms with E-state index in [1.165, 1.54) is 117 Å². The smallest absolute Gasteiger partial charge is 0.174 e. The van der Waals surface area contributed by atoms with E-state index in [0.717, 1.165) is 36.2 Å². The Labute approximate surface area is 258 Å². The molecule has 0 radical (unpaired) electrons. The summed E-state index contributed by atoms with van der Waals surface area (Å²) < 4.78 is 15.0. The van der Waals surface area contributed by atoms with Crippen molar-refractivity contribution in [3.8, 4) is 10.1 Å². The molecule has 0 aliphatic heterocycles. The van der Waals surface area contributed by atoms with Crippen molar-refractivity contribution in [2.45, 2.75) is 90.9 Å². The molecule has 0 spiro atoms. The maximum absolute atomic E-state index is 6.19. The minimum atomic E-state index is 0.814. The zero-order valence-corrected chi connectivity index (χ0v) is 26.9. The molecule has 0 amide bonds. The lowest BCUT2D eigenvalue weighted by Gasteiger charge is -2.09. The summed E-state index contributed by atoms with van der Waals surface area (Å²) in [7, 11) is 0.